The van der Waals surface area contributed by atoms with Crippen molar-refractivity contribution < 1.29 is 0 Å². The first-order valence-electron chi connectivity index (χ1n) is 4.69. The van der Waals surface area contributed by atoms with Gasteiger partial charge in [0.15, 0.2) is 0 Å². The summed E-state index contributed by atoms with van der Waals surface area (Å²) in [4.78, 5) is 0. The second-order valence-electron chi connectivity index (χ2n) is 3.95. The molecule has 0 saturated heterocycles. The molecule has 1 aromatic carbocycles. The fourth-order valence-corrected chi connectivity index (χ4v) is 1.91. The summed E-state index contributed by atoms with van der Waals surface area (Å²) >= 11 is 5.80. The Balaban J connectivity index is 2.12. The van der Waals surface area contributed by atoms with E-state index in [2.05, 4.69) is 6.92 Å². The minimum Gasteiger partial charge on any atom is -0.324 e. The molecular formula is C11H14ClN. The van der Waals surface area contributed by atoms with Crippen molar-refractivity contribution in [2.45, 2.75) is 19.4 Å². The van der Waals surface area contributed by atoms with Crippen LogP contribution in [0.1, 0.15) is 24.9 Å². The van der Waals surface area contributed by atoms with Crippen LogP contribution in [-0.4, -0.2) is 0 Å². The van der Waals surface area contributed by atoms with Gasteiger partial charge in [0, 0.05) is 11.1 Å². The van der Waals surface area contributed by atoms with Crippen LogP contribution in [-0.2, 0) is 0 Å². The largest absolute Gasteiger partial charge is 0.324 e. The quantitative estimate of drug-likeness (QED) is 0.772. The standard InChI is InChI=1S/C11H14ClN/c1-7-6-10(7)11(13)8-2-4-9(12)5-3-8/h2-5,7,10-11H,6,13H2,1H3/t7-,10+,11+/m1/s1. The summed E-state index contributed by atoms with van der Waals surface area (Å²) in [5.74, 6) is 1.48. The maximum Gasteiger partial charge on any atom is 0.0406 e. The third-order valence-electron chi connectivity index (χ3n) is 2.89. The average Bonchev–Trinajstić information content (AvgIpc) is 2.83. The lowest BCUT2D eigenvalue weighted by molar-refractivity contribution is 0.593. The molecule has 0 amide bonds. The molecule has 70 valence electrons. The van der Waals surface area contributed by atoms with Crippen LogP contribution in [0, 0.1) is 11.8 Å². The van der Waals surface area contributed by atoms with Gasteiger partial charge in [-0.05, 0) is 36.0 Å². The number of halogens is 1. The molecule has 1 aliphatic rings. The van der Waals surface area contributed by atoms with Crippen molar-refractivity contribution in [3.8, 4) is 0 Å². The zero-order valence-electron chi connectivity index (χ0n) is 7.70. The molecule has 0 bridgehead atoms. The molecule has 2 rings (SSSR count). The van der Waals surface area contributed by atoms with E-state index in [4.69, 9.17) is 17.3 Å². The zero-order valence-corrected chi connectivity index (χ0v) is 8.46. The Morgan fingerprint density at radius 1 is 1.38 bits per heavy atom. The Bertz CT molecular complexity index is 293. The number of nitrogens with two attached hydrogens (primary N) is 1. The monoisotopic (exact) mass is 195 g/mol. The van der Waals surface area contributed by atoms with Crippen LogP contribution < -0.4 is 5.73 Å². The highest BCUT2D eigenvalue weighted by Gasteiger charge is 2.38. The average molecular weight is 196 g/mol. The molecule has 2 heteroatoms. The Hall–Kier alpha value is -0.530. The molecule has 1 aromatic rings. The molecule has 1 saturated carbocycles. The lowest BCUT2D eigenvalue weighted by Crippen LogP contribution is -2.13. The van der Waals surface area contributed by atoms with Crippen molar-refractivity contribution in [2.24, 2.45) is 17.6 Å². The van der Waals surface area contributed by atoms with Gasteiger partial charge in [-0.25, -0.2) is 0 Å². The highest BCUT2D eigenvalue weighted by Crippen LogP contribution is 2.45. The van der Waals surface area contributed by atoms with Gasteiger partial charge >= 0.3 is 0 Å². The summed E-state index contributed by atoms with van der Waals surface area (Å²) in [5.41, 5.74) is 7.30. The predicted molar refractivity (Wildman–Crippen MR) is 55.7 cm³/mol. The van der Waals surface area contributed by atoms with E-state index < -0.39 is 0 Å². The highest BCUT2D eigenvalue weighted by molar-refractivity contribution is 6.30. The summed E-state index contributed by atoms with van der Waals surface area (Å²) < 4.78 is 0. The molecular weight excluding hydrogens is 182 g/mol. The van der Waals surface area contributed by atoms with E-state index in [9.17, 15) is 0 Å². The lowest BCUT2D eigenvalue weighted by Gasteiger charge is -2.10. The van der Waals surface area contributed by atoms with Gasteiger partial charge in [-0.1, -0.05) is 30.7 Å². The van der Waals surface area contributed by atoms with Crippen LogP contribution in [0.15, 0.2) is 24.3 Å². The SMILES string of the molecule is C[C@@H]1C[C@@H]1[C@@H](N)c1ccc(Cl)cc1. The summed E-state index contributed by atoms with van der Waals surface area (Å²) in [6.07, 6.45) is 1.27. The van der Waals surface area contributed by atoms with Crippen molar-refractivity contribution in [3.05, 3.63) is 34.9 Å². The number of benzene rings is 1. The van der Waals surface area contributed by atoms with E-state index in [-0.39, 0.29) is 6.04 Å². The second kappa shape index (κ2) is 3.32. The van der Waals surface area contributed by atoms with Crippen molar-refractivity contribution in [1.29, 1.82) is 0 Å². The van der Waals surface area contributed by atoms with Crippen LogP contribution in [0.3, 0.4) is 0 Å². The predicted octanol–water partition coefficient (Wildman–Crippen LogP) is 3.00. The van der Waals surface area contributed by atoms with Crippen LogP contribution in [0.25, 0.3) is 0 Å². The van der Waals surface area contributed by atoms with E-state index in [0.717, 1.165) is 10.9 Å². The van der Waals surface area contributed by atoms with E-state index in [1.807, 2.05) is 24.3 Å². The molecule has 3 atom stereocenters. The Labute approximate surface area is 83.9 Å². The van der Waals surface area contributed by atoms with Crippen molar-refractivity contribution in [2.75, 3.05) is 0 Å². The molecule has 0 radical (unpaired) electrons. The maximum atomic E-state index is 6.10. The normalized spacial score (nSPS) is 28.5. The number of rotatable bonds is 2. The van der Waals surface area contributed by atoms with Gasteiger partial charge in [0.1, 0.15) is 0 Å². The Morgan fingerprint density at radius 3 is 2.38 bits per heavy atom. The molecule has 1 aliphatic carbocycles. The second-order valence-corrected chi connectivity index (χ2v) is 4.39. The maximum absolute atomic E-state index is 6.10. The first-order chi connectivity index (χ1) is 6.18. The van der Waals surface area contributed by atoms with Gasteiger partial charge in [-0.2, -0.15) is 0 Å². The lowest BCUT2D eigenvalue weighted by atomic mass is 10.0. The minimum absolute atomic E-state index is 0.201. The Kier molecular flexibility index (Phi) is 2.31. The summed E-state index contributed by atoms with van der Waals surface area (Å²) in [5, 5.41) is 0.778. The topological polar surface area (TPSA) is 26.0 Å². The van der Waals surface area contributed by atoms with Crippen LogP contribution in [0.5, 0.6) is 0 Å². The van der Waals surface area contributed by atoms with Gasteiger partial charge in [0.25, 0.3) is 0 Å². The fraction of sp³-hybridized carbons (Fsp3) is 0.455. The first-order valence-corrected chi connectivity index (χ1v) is 5.07. The molecule has 0 unspecified atom stereocenters. The molecule has 1 nitrogen and oxygen atoms in total. The summed E-state index contributed by atoms with van der Waals surface area (Å²) in [7, 11) is 0. The van der Waals surface area contributed by atoms with E-state index in [1.165, 1.54) is 12.0 Å². The van der Waals surface area contributed by atoms with E-state index in [1.54, 1.807) is 0 Å². The van der Waals surface area contributed by atoms with Crippen molar-refractivity contribution >= 4 is 11.6 Å². The van der Waals surface area contributed by atoms with Crippen LogP contribution >= 0.6 is 11.6 Å². The molecule has 0 aliphatic heterocycles. The summed E-state index contributed by atoms with van der Waals surface area (Å²) in [6.45, 7) is 2.25. The van der Waals surface area contributed by atoms with Crippen LogP contribution in [0.4, 0.5) is 0 Å². The molecule has 13 heavy (non-hydrogen) atoms. The molecule has 0 heterocycles. The minimum atomic E-state index is 0.201. The number of hydrogen-bond acceptors (Lipinski definition) is 1. The van der Waals surface area contributed by atoms with Gasteiger partial charge in [-0.3, -0.25) is 0 Å². The van der Waals surface area contributed by atoms with Crippen molar-refractivity contribution in [3.63, 3.8) is 0 Å². The molecule has 0 aromatic heterocycles. The molecule has 1 fully saturated rings. The fourth-order valence-electron chi connectivity index (χ4n) is 1.78. The van der Waals surface area contributed by atoms with Crippen LogP contribution in [0.2, 0.25) is 5.02 Å². The van der Waals surface area contributed by atoms with Gasteiger partial charge in [0.2, 0.25) is 0 Å². The molecule has 0 spiro atoms. The smallest absolute Gasteiger partial charge is 0.0406 e. The Morgan fingerprint density at radius 2 is 1.92 bits per heavy atom. The third kappa shape index (κ3) is 1.87. The van der Waals surface area contributed by atoms with Gasteiger partial charge < -0.3 is 5.73 Å². The zero-order chi connectivity index (χ0) is 9.42. The van der Waals surface area contributed by atoms with E-state index in [0.29, 0.717) is 5.92 Å². The van der Waals surface area contributed by atoms with E-state index >= 15 is 0 Å². The third-order valence-corrected chi connectivity index (χ3v) is 3.14. The molecule has 2 N–H and O–H groups in total. The summed E-state index contributed by atoms with van der Waals surface area (Å²) in [6, 6.07) is 8.07. The van der Waals surface area contributed by atoms with Gasteiger partial charge in [0.05, 0.1) is 0 Å². The van der Waals surface area contributed by atoms with Crippen molar-refractivity contribution in [1.82, 2.24) is 0 Å². The number of hydrogen-bond donors (Lipinski definition) is 1. The highest BCUT2D eigenvalue weighted by atomic mass is 35.5. The van der Waals surface area contributed by atoms with Gasteiger partial charge in [-0.15, -0.1) is 0 Å². The first kappa shape index (κ1) is 9.04.